The van der Waals surface area contributed by atoms with Crippen LogP contribution in [-0.4, -0.2) is 43.8 Å². The summed E-state index contributed by atoms with van der Waals surface area (Å²) in [5, 5.41) is 33.8. The van der Waals surface area contributed by atoms with Crippen LogP contribution in [-0.2, 0) is 17.9 Å². The molecule has 0 saturated heterocycles. The Morgan fingerprint density at radius 2 is 1.65 bits per heavy atom. The van der Waals surface area contributed by atoms with Crippen molar-refractivity contribution in [2.75, 3.05) is 0 Å². The van der Waals surface area contributed by atoms with Gasteiger partial charge in [0, 0.05) is 37.0 Å². The Morgan fingerprint density at radius 1 is 1.03 bits per heavy atom. The first-order valence-corrected chi connectivity index (χ1v) is 12.2. The van der Waals surface area contributed by atoms with Crippen molar-refractivity contribution in [3.05, 3.63) is 77.1 Å². The molecule has 4 rings (SSSR count). The third kappa shape index (κ3) is 6.99. The number of carboxylic acids is 1. The summed E-state index contributed by atoms with van der Waals surface area (Å²) in [4.78, 5) is 28.5. The fourth-order valence-corrected chi connectivity index (χ4v) is 4.30. The molecule has 0 bridgehead atoms. The highest BCUT2D eigenvalue weighted by atomic mass is 19.1. The molecule has 1 aliphatic carbocycles. The van der Waals surface area contributed by atoms with Crippen LogP contribution in [0.15, 0.2) is 48.5 Å². The highest BCUT2D eigenvalue weighted by Gasteiger charge is 2.35. The number of carbonyl (C=O) groups excluding carboxylic acids is 2. The molecule has 1 amide bonds. The minimum atomic E-state index is -1.40. The number of imidazole rings is 1. The van der Waals surface area contributed by atoms with E-state index < -0.39 is 36.3 Å². The van der Waals surface area contributed by atoms with E-state index in [0.29, 0.717) is 17.1 Å². The minimum Gasteiger partial charge on any atom is -0.550 e. The van der Waals surface area contributed by atoms with E-state index in [2.05, 4.69) is 10.3 Å². The van der Waals surface area contributed by atoms with E-state index in [-0.39, 0.29) is 43.4 Å². The fourth-order valence-electron chi connectivity index (χ4n) is 4.30. The zero-order chi connectivity index (χ0) is 26.5. The Balaban J connectivity index is 1.59. The molecule has 1 fully saturated rings. The molecule has 0 radical (unpaired) electrons. The maximum absolute atomic E-state index is 13.6. The van der Waals surface area contributed by atoms with E-state index in [1.807, 2.05) is 4.57 Å². The Morgan fingerprint density at radius 3 is 2.24 bits per heavy atom. The average molecular weight is 513 g/mol. The number of hydrogen-bond donors (Lipinski definition) is 3. The molecule has 37 heavy (non-hydrogen) atoms. The van der Waals surface area contributed by atoms with Crippen LogP contribution < -0.4 is 10.4 Å². The lowest BCUT2D eigenvalue weighted by Crippen LogP contribution is -2.29. The molecule has 1 aliphatic rings. The van der Waals surface area contributed by atoms with E-state index in [4.69, 9.17) is 0 Å². The number of halogens is 2. The van der Waals surface area contributed by atoms with Gasteiger partial charge in [0.25, 0.3) is 5.91 Å². The zero-order valence-corrected chi connectivity index (χ0v) is 20.1. The lowest BCUT2D eigenvalue weighted by atomic mass is 10.1. The second-order valence-electron chi connectivity index (χ2n) is 9.32. The number of hydrogen-bond acceptors (Lipinski definition) is 6. The van der Waals surface area contributed by atoms with Crippen molar-refractivity contribution in [1.82, 2.24) is 14.9 Å². The summed E-state index contributed by atoms with van der Waals surface area (Å²) in [5.41, 5.74) is 2.25. The van der Waals surface area contributed by atoms with Crippen molar-refractivity contribution in [3.8, 4) is 11.4 Å². The number of amides is 1. The molecule has 0 spiro atoms. The number of aliphatic hydroxyl groups excluding tert-OH is 2. The van der Waals surface area contributed by atoms with Crippen molar-refractivity contribution < 1.29 is 33.7 Å². The summed E-state index contributed by atoms with van der Waals surface area (Å²) >= 11 is 0. The molecule has 1 aromatic heterocycles. The second kappa shape index (κ2) is 11.6. The van der Waals surface area contributed by atoms with Crippen molar-refractivity contribution in [1.29, 1.82) is 0 Å². The van der Waals surface area contributed by atoms with Crippen molar-refractivity contribution in [2.45, 2.75) is 63.3 Å². The van der Waals surface area contributed by atoms with Gasteiger partial charge in [0.2, 0.25) is 0 Å². The summed E-state index contributed by atoms with van der Waals surface area (Å²) < 4.78 is 28.6. The number of aliphatic carboxylic acids is 1. The highest BCUT2D eigenvalue weighted by Crippen LogP contribution is 2.43. The predicted octanol–water partition coefficient (Wildman–Crippen LogP) is 2.28. The number of aliphatic hydroxyl groups is 2. The summed E-state index contributed by atoms with van der Waals surface area (Å²) in [6, 6.07) is 11.5. The molecule has 0 unspecified atom stereocenters. The van der Waals surface area contributed by atoms with Crippen molar-refractivity contribution in [3.63, 3.8) is 0 Å². The molecule has 196 valence electrons. The molecular weight excluding hydrogens is 484 g/mol. The molecule has 0 aliphatic heterocycles. The van der Waals surface area contributed by atoms with E-state index in [1.165, 1.54) is 24.3 Å². The summed E-state index contributed by atoms with van der Waals surface area (Å²) in [7, 11) is 0. The van der Waals surface area contributed by atoms with Gasteiger partial charge in [-0.15, -0.1) is 0 Å². The van der Waals surface area contributed by atoms with Gasteiger partial charge in [-0.25, -0.2) is 13.8 Å². The standard InChI is InChI=1S/C27H29F2N3O5/c28-19-7-1-16(2-8-19)15-30-27(37)24-25(17-3-4-17)32(12-11-21(33)13-22(34)14-23(35)36)26(31-24)18-5-9-20(29)10-6-18/h1-2,5-10,17,21-22,33-34H,3-4,11-15H2,(H,30,37)(H,35,36)/p-1/t21-,22-/m1/s1. The Kier molecular flexibility index (Phi) is 8.30. The van der Waals surface area contributed by atoms with Gasteiger partial charge < -0.3 is 30.0 Å². The predicted molar refractivity (Wildman–Crippen MR) is 128 cm³/mol. The molecular formula is C27H28F2N3O5-. The van der Waals surface area contributed by atoms with Crippen LogP contribution in [0.25, 0.3) is 11.4 Å². The number of aromatic nitrogens is 2. The first kappa shape index (κ1) is 26.4. The monoisotopic (exact) mass is 512 g/mol. The first-order chi connectivity index (χ1) is 17.7. The largest absolute Gasteiger partial charge is 0.550 e. The summed E-state index contributed by atoms with van der Waals surface area (Å²) in [6.45, 7) is 0.424. The molecule has 2 aromatic carbocycles. The SMILES string of the molecule is O=C([O-])C[C@H](O)C[C@H](O)CCn1c(-c2ccc(F)cc2)nc(C(=O)NCc2ccc(F)cc2)c1C1CC1. The maximum atomic E-state index is 13.6. The quantitative estimate of drug-likeness (QED) is 0.342. The Labute approximate surface area is 212 Å². The van der Waals surface area contributed by atoms with Crippen molar-refractivity contribution >= 4 is 11.9 Å². The van der Waals surface area contributed by atoms with E-state index in [9.17, 15) is 33.7 Å². The topological polar surface area (TPSA) is 128 Å². The van der Waals surface area contributed by atoms with Crippen LogP contribution in [0.2, 0.25) is 0 Å². The Bertz CT molecular complexity index is 1240. The van der Waals surface area contributed by atoms with Crippen LogP contribution in [0.5, 0.6) is 0 Å². The van der Waals surface area contributed by atoms with Crippen molar-refractivity contribution in [2.24, 2.45) is 0 Å². The number of carboxylic acid groups (broad SMARTS) is 1. The van der Waals surface area contributed by atoms with E-state index >= 15 is 0 Å². The van der Waals surface area contributed by atoms with Crippen LogP contribution in [0, 0.1) is 11.6 Å². The van der Waals surface area contributed by atoms with Crippen LogP contribution in [0.3, 0.4) is 0 Å². The first-order valence-electron chi connectivity index (χ1n) is 12.2. The van der Waals surface area contributed by atoms with Gasteiger partial charge >= 0.3 is 0 Å². The lowest BCUT2D eigenvalue weighted by Gasteiger charge is -2.18. The summed E-state index contributed by atoms with van der Waals surface area (Å²) in [5.74, 6) is -2.06. The molecule has 1 saturated carbocycles. The molecule has 3 N–H and O–H groups in total. The molecule has 2 atom stereocenters. The molecule has 10 heteroatoms. The third-order valence-corrected chi connectivity index (χ3v) is 6.29. The molecule has 1 heterocycles. The van der Waals surface area contributed by atoms with Gasteiger partial charge in [-0.3, -0.25) is 4.79 Å². The molecule has 3 aromatic rings. The van der Waals surface area contributed by atoms with Gasteiger partial charge in [0.1, 0.15) is 23.2 Å². The number of rotatable bonds is 12. The van der Waals surface area contributed by atoms with E-state index in [1.54, 1.807) is 24.3 Å². The average Bonchev–Trinajstić information content (AvgIpc) is 3.62. The van der Waals surface area contributed by atoms with Gasteiger partial charge in [0.15, 0.2) is 0 Å². The minimum absolute atomic E-state index is 0.0917. The highest BCUT2D eigenvalue weighted by molar-refractivity contribution is 5.94. The van der Waals surface area contributed by atoms with Crippen LogP contribution in [0.4, 0.5) is 8.78 Å². The number of benzene rings is 2. The second-order valence-corrected chi connectivity index (χ2v) is 9.32. The Hall–Kier alpha value is -3.63. The maximum Gasteiger partial charge on any atom is 0.272 e. The van der Waals surface area contributed by atoms with Crippen LogP contribution >= 0.6 is 0 Å². The van der Waals surface area contributed by atoms with Crippen LogP contribution in [0.1, 0.15) is 59.8 Å². The fraction of sp³-hybridized carbons (Fsp3) is 0.370. The lowest BCUT2D eigenvalue weighted by molar-refractivity contribution is -0.307. The normalized spacial score (nSPS) is 14.8. The van der Waals surface area contributed by atoms with Gasteiger partial charge in [-0.1, -0.05) is 12.1 Å². The summed E-state index contributed by atoms with van der Waals surface area (Å²) in [6.07, 6.45) is -1.06. The number of carbonyl (C=O) groups is 2. The zero-order valence-electron chi connectivity index (χ0n) is 20.1. The van der Waals surface area contributed by atoms with Gasteiger partial charge in [-0.2, -0.15) is 0 Å². The number of nitrogens with one attached hydrogen (secondary N) is 1. The van der Waals surface area contributed by atoms with Gasteiger partial charge in [0.05, 0.1) is 17.9 Å². The van der Waals surface area contributed by atoms with Gasteiger partial charge in [-0.05, 0) is 67.6 Å². The number of nitrogens with zero attached hydrogens (tertiary/aromatic N) is 2. The third-order valence-electron chi connectivity index (χ3n) is 6.29. The smallest absolute Gasteiger partial charge is 0.272 e. The molecule has 8 nitrogen and oxygen atoms in total. The van der Waals surface area contributed by atoms with E-state index in [0.717, 1.165) is 18.4 Å².